The fourth-order valence-electron chi connectivity index (χ4n) is 6.76. The van der Waals surface area contributed by atoms with Gasteiger partial charge in [0.05, 0.1) is 23.2 Å². The van der Waals surface area contributed by atoms with Crippen LogP contribution in [0.5, 0.6) is 0 Å². The molecule has 1 aliphatic carbocycles. The number of alkyl halides is 1. The summed E-state index contributed by atoms with van der Waals surface area (Å²) in [4.78, 5) is 45.3. The molecule has 4 fully saturated rings. The molecule has 1 N–H and O–H groups in total. The maximum atomic E-state index is 14.4. The van der Waals surface area contributed by atoms with E-state index in [2.05, 4.69) is 29.1 Å². The molecule has 3 saturated heterocycles. The average Bonchev–Trinajstić information content (AvgIpc) is 3.47. The molecule has 9 heteroatoms. The van der Waals surface area contributed by atoms with Gasteiger partial charge in [-0.15, -0.1) is 24.9 Å². The van der Waals surface area contributed by atoms with Crippen molar-refractivity contribution in [3.05, 3.63) is 25.3 Å². The average molecular weight is 584 g/mol. The van der Waals surface area contributed by atoms with E-state index in [1.54, 1.807) is 28.8 Å². The molecule has 6 atom stereocenters. The van der Waals surface area contributed by atoms with Crippen molar-refractivity contribution in [1.29, 1.82) is 0 Å². The second-order valence-electron chi connectivity index (χ2n) is 10.4. The number of aliphatic hydroxyl groups is 1. The summed E-state index contributed by atoms with van der Waals surface area (Å²) in [5.74, 6) is -1.69. The van der Waals surface area contributed by atoms with Gasteiger partial charge < -0.3 is 19.6 Å². The molecule has 0 radical (unpaired) electrons. The van der Waals surface area contributed by atoms with Crippen LogP contribution >= 0.6 is 27.7 Å². The minimum Gasteiger partial charge on any atom is -0.465 e. The van der Waals surface area contributed by atoms with Crippen molar-refractivity contribution in [2.45, 2.75) is 84.7 Å². The van der Waals surface area contributed by atoms with Gasteiger partial charge >= 0.3 is 5.97 Å². The molecule has 4 rings (SSSR count). The monoisotopic (exact) mass is 582 g/mol. The predicted octanol–water partition coefficient (Wildman–Crippen LogP) is 3.69. The van der Waals surface area contributed by atoms with E-state index in [0.717, 1.165) is 32.1 Å². The third-order valence-corrected chi connectivity index (χ3v) is 11.5. The van der Waals surface area contributed by atoms with Crippen molar-refractivity contribution < 1.29 is 24.2 Å². The molecular formula is C27H39BrN2O5S. The number of likely N-dealkylation sites (tertiary alicyclic amines) is 1. The van der Waals surface area contributed by atoms with Crippen molar-refractivity contribution in [1.82, 2.24) is 9.80 Å². The smallest absolute Gasteiger partial charge is 0.310 e. The Labute approximate surface area is 227 Å². The van der Waals surface area contributed by atoms with Crippen LogP contribution in [-0.4, -0.2) is 85.9 Å². The summed E-state index contributed by atoms with van der Waals surface area (Å²) in [6.07, 6.45) is 11.4. The van der Waals surface area contributed by atoms with Gasteiger partial charge in [-0.2, -0.15) is 0 Å². The van der Waals surface area contributed by atoms with Crippen molar-refractivity contribution >= 4 is 45.5 Å². The summed E-state index contributed by atoms with van der Waals surface area (Å²) in [6.45, 7) is 8.59. The first-order valence-corrected chi connectivity index (χ1v) is 15.1. The van der Waals surface area contributed by atoms with Gasteiger partial charge in [-0.25, -0.2) is 0 Å². The van der Waals surface area contributed by atoms with E-state index in [9.17, 15) is 19.5 Å². The van der Waals surface area contributed by atoms with Gasteiger partial charge in [-0.1, -0.05) is 47.3 Å². The van der Waals surface area contributed by atoms with Crippen molar-refractivity contribution in [2.75, 3.05) is 26.3 Å². The molecule has 3 unspecified atom stereocenters. The number of rotatable bonds is 12. The maximum absolute atomic E-state index is 14.4. The maximum Gasteiger partial charge on any atom is 0.310 e. The summed E-state index contributed by atoms with van der Waals surface area (Å²) >= 11 is 5.42. The first kappa shape index (κ1) is 27.7. The Balaban J connectivity index is 1.66. The van der Waals surface area contributed by atoms with Gasteiger partial charge in [0, 0.05) is 35.8 Å². The van der Waals surface area contributed by atoms with E-state index >= 15 is 0 Å². The zero-order valence-corrected chi connectivity index (χ0v) is 23.4. The van der Waals surface area contributed by atoms with Crippen LogP contribution in [0.2, 0.25) is 0 Å². The number of hydrogen-bond donors (Lipinski definition) is 1. The number of amides is 2. The first-order chi connectivity index (χ1) is 17.4. The number of aliphatic hydroxyl groups excluding tert-OH is 1. The summed E-state index contributed by atoms with van der Waals surface area (Å²) in [6, 6.07) is -0.513. The number of hydrogen-bond acceptors (Lipinski definition) is 6. The zero-order chi connectivity index (χ0) is 25.9. The number of unbranched alkanes of at least 4 members (excludes halogenated alkanes) is 1. The van der Waals surface area contributed by atoms with Gasteiger partial charge in [-0.3, -0.25) is 14.4 Å². The minimum atomic E-state index is -0.679. The van der Waals surface area contributed by atoms with Crippen molar-refractivity contribution in [2.24, 2.45) is 11.8 Å². The summed E-state index contributed by atoms with van der Waals surface area (Å²) in [7, 11) is 0. The largest absolute Gasteiger partial charge is 0.465 e. The highest BCUT2D eigenvalue weighted by Gasteiger charge is 2.76. The van der Waals surface area contributed by atoms with Gasteiger partial charge in [0.2, 0.25) is 11.8 Å². The number of thioether (sulfide) groups is 1. The topological polar surface area (TPSA) is 87.2 Å². The van der Waals surface area contributed by atoms with Gasteiger partial charge in [-0.05, 0) is 38.5 Å². The Hall–Kier alpha value is -1.32. The molecule has 3 aliphatic heterocycles. The second-order valence-corrected chi connectivity index (χ2v) is 13.2. The van der Waals surface area contributed by atoms with Gasteiger partial charge in [0.15, 0.2) is 0 Å². The number of esters is 1. The Morgan fingerprint density at radius 1 is 1.22 bits per heavy atom. The zero-order valence-electron chi connectivity index (χ0n) is 21.0. The Kier molecular flexibility index (Phi) is 9.26. The molecule has 1 spiro atoms. The van der Waals surface area contributed by atoms with E-state index < -0.39 is 22.6 Å². The number of nitrogens with zero attached hydrogens (tertiary/aromatic N) is 2. The van der Waals surface area contributed by atoms with Crippen LogP contribution in [0, 0.1) is 11.8 Å². The molecule has 4 aliphatic rings. The summed E-state index contributed by atoms with van der Waals surface area (Å²) in [5, 5.41) is 9.44. The molecule has 7 nitrogen and oxygen atoms in total. The lowest BCUT2D eigenvalue weighted by Gasteiger charge is -2.41. The lowest BCUT2D eigenvalue weighted by molar-refractivity contribution is -0.154. The molecule has 1 saturated carbocycles. The third kappa shape index (κ3) is 4.92. The molecule has 200 valence electrons. The lowest BCUT2D eigenvalue weighted by Crippen LogP contribution is -2.57. The molecule has 0 aromatic heterocycles. The minimum absolute atomic E-state index is 0.0212. The van der Waals surface area contributed by atoms with E-state index in [4.69, 9.17) is 4.74 Å². The quantitative estimate of drug-likeness (QED) is 0.163. The van der Waals surface area contributed by atoms with Crippen molar-refractivity contribution in [3.63, 3.8) is 0 Å². The third-order valence-electron chi connectivity index (χ3n) is 8.27. The Bertz CT molecular complexity index is 865. The van der Waals surface area contributed by atoms with E-state index in [1.807, 2.05) is 4.90 Å². The van der Waals surface area contributed by atoms with Crippen LogP contribution in [-0.2, 0) is 19.1 Å². The SMILES string of the molecule is C=CCCCOC(=O)[C@H]1[C@@H]2SC3(CC2Br)C(C(=O)N(CC=C)C2CCCCC2)N(CCCO)C(=O)[C@H]13. The normalized spacial score (nSPS) is 33.4. The molecular weight excluding hydrogens is 544 g/mol. The van der Waals surface area contributed by atoms with Gasteiger partial charge in [0.25, 0.3) is 0 Å². The number of fused-ring (bicyclic) bond motifs is 1. The number of halogens is 1. The van der Waals surface area contributed by atoms with Crippen LogP contribution in [0.15, 0.2) is 25.3 Å². The molecule has 0 aromatic carbocycles. The molecule has 0 aromatic rings. The van der Waals surface area contributed by atoms with E-state index in [0.29, 0.717) is 39.0 Å². The molecule has 2 bridgehead atoms. The highest BCUT2D eigenvalue weighted by Crippen LogP contribution is 2.68. The number of allylic oxidation sites excluding steroid dienone is 1. The lowest BCUT2D eigenvalue weighted by atomic mass is 9.71. The number of carbonyl (C=O) groups excluding carboxylic acids is 3. The number of carbonyl (C=O) groups is 3. The van der Waals surface area contributed by atoms with Gasteiger partial charge in [0.1, 0.15) is 6.04 Å². The fourth-order valence-corrected chi connectivity index (χ4v) is 10.4. The van der Waals surface area contributed by atoms with E-state index in [1.165, 1.54) is 6.42 Å². The molecule has 2 amide bonds. The van der Waals surface area contributed by atoms with Crippen LogP contribution < -0.4 is 0 Å². The Morgan fingerprint density at radius 2 is 1.97 bits per heavy atom. The standard InChI is InChI=1S/C27H39BrN2O5S/c1-3-5-9-16-35-26(34)20-21-24(32)30(14-10-15-31)23(27(21)17-19(28)22(20)36-27)25(33)29(13-4-2)18-11-7-6-8-12-18/h3-4,18-23,31H,1-2,5-17H2/t19?,20-,21+,22-,23?,27?/m1/s1. The van der Waals surface area contributed by atoms with Crippen LogP contribution in [0.4, 0.5) is 0 Å². The fraction of sp³-hybridized carbons (Fsp3) is 0.741. The highest BCUT2D eigenvalue weighted by atomic mass is 79.9. The molecule has 3 heterocycles. The predicted molar refractivity (Wildman–Crippen MR) is 145 cm³/mol. The summed E-state index contributed by atoms with van der Waals surface area (Å²) < 4.78 is 4.96. The van der Waals surface area contributed by atoms with E-state index in [-0.39, 0.29) is 40.5 Å². The first-order valence-electron chi connectivity index (χ1n) is 13.3. The van der Waals surface area contributed by atoms with Crippen LogP contribution in [0.1, 0.15) is 57.8 Å². The highest BCUT2D eigenvalue weighted by molar-refractivity contribution is 9.09. The number of ether oxygens (including phenoxy) is 1. The summed E-state index contributed by atoms with van der Waals surface area (Å²) in [5.41, 5.74) is 0. The molecule has 36 heavy (non-hydrogen) atoms. The van der Waals surface area contributed by atoms with Crippen molar-refractivity contribution in [3.8, 4) is 0 Å². The van der Waals surface area contributed by atoms with Crippen LogP contribution in [0.25, 0.3) is 0 Å². The second kappa shape index (κ2) is 12.0. The Morgan fingerprint density at radius 3 is 2.64 bits per heavy atom. The van der Waals surface area contributed by atoms with Crippen LogP contribution in [0.3, 0.4) is 0 Å².